The predicted octanol–water partition coefficient (Wildman–Crippen LogP) is 0.842. The second kappa shape index (κ2) is 12.7. The SMILES string of the molecule is O=C(NCCNCCNCCNC(=O)c1ccc([N+](=O)[O-])cc1)c1ccc([N+](=O)[O-])cc1. The van der Waals surface area contributed by atoms with Crippen molar-refractivity contribution in [1.82, 2.24) is 21.3 Å². The number of nitro benzene ring substituents is 2. The molecule has 2 aromatic rings. The summed E-state index contributed by atoms with van der Waals surface area (Å²) in [6, 6.07) is 10.8. The van der Waals surface area contributed by atoms with E-state index in [1.807, 2.05) is 0 Å². The lowest BCUT2D eigenvalue weighted by atomic mass is 10.2. The Bertz CT molecular complexity index is 855. The molecule has 0 saturated heterocycles. The van der Waals surface area contributed by atoms with E-state index < -0.39 is 9.85 Å². The molecule has 0 saturated carbocycles. The van der Waals surface area contributed by atoms with Crippen molar-refractivity contribution in [2.75, 3.05) is 39.3 Å². The molecule has 2 aromatic carbocycles. The van der Waals surface area contributed by atoms with Gasteiger partial charge in [0.15, 0.2) is 0 Å². The van der Waals surface area contributed by atoms with E-state index >= 15 is 0 Å². The number of rotatable bonds is 13. The molecule has 2 rings (SSSR count). The summed E-state index contributed by atoms with van der Waals surface area (Å²) in [5, 5.41) is 33.0. The number of amides is 2. The Kier molecular flexibility index (Phi) is 9.69. The van der Waals surface area contributed by atoms with Gasteiger partial charge in [0.1, 0.15) is 0 Å². The molecule has 0 atom stereocenters. The highest BCUT2D eigenvalue weighted by atomic mass is 16.6. The zero-order valence-electron chi connectivity index (χ0n) is 17.2. The summed E-state index contributed by atoms with van der Waals surface area (Å²) < 4.78 is 0. The molecule has 4 N–H and O–H groups in total. The van der Waals surface area contributed by atoms with Gasteiger partial charge in [-0.05, 0) is 24.3 Å². The highest BCUT2D eigenvalue weighted by Gasteiger charge is 2.09. The van der Waals surface area contributed by atoms with Crippen molar-refractivity contribution < 1.29 is 19.4 Å². The number of carbonyl (C=O) groups excluding carboxylic acids is 2. The van der Waals surface area contributed by atoms with Gasteiger partial charge in [-0.2, -0.15) is 0 Å². The second-order valence-corrected chi connectivity index (χ2v) is 6.62. The van der Waals surface area contributed by atoms with Crippen LogP contribution in [0.4, 0.5) is 11.4 Å². The van der Waals surface area contributed by atoms with Gasteiger partial charge in [0.25, 0.3) is 23.2 Å². The maximum atomic E-state index is 12.0. The van der Waals surface area contributed by atoms with Crippen LogP contribution in [0.15, 0.2) is 48.5 Å². The molecule has 0 spiro atoms. The molecule has 0 unspecified atom stereocenters. The normalized spacial score (nSPS) is 10.4. The van der Waals surface area contributed by atoms with Crippen molar-refractivity contribution in [3.05, 3.63) is 79.9 Å². The maximum absolute atomic E-state index is 12.0. The van der Waals surface area contributed by atoms with Gasteiger partial charge >= 0.3 is 0 Å². The third-order valence-electron chi connectivity index (χ3n) is 4.33. The predicted molar refractivity (Wildman–Crippen MR) is 117 cm³/mol. The fraction of sp³-hybridized carbons (Fsp3) is 0.300. The van der Waals surface area contributed by atoms with Crippen LogP contribution < -0.4 is 21.3 Å². The fourth-order valence-electron chi connectivity index (χ4n) is 2.63. The standard InChI is InChI=1S/C20H24N6O6/c27-19(15-1-5-17(6-2-15)25(29)30)23-13-11-21-9-10-22-12-14-24-20(28)16-3-7-18(8-4-16)26(31)32/h1-8,21-22H,9-14H2,(H,23,27)(H,24,28). The van der Waals surface area contributed by atoms with Gasteiger partial charge in [-0.15, -0.1) is 0 Å². The largest absolute Gasteiger partial charge is 0.351 e. The number of nitrogens with one attached hydrogen (secondary N) is 4. The van der Waals surface area contributed by atoms with Gasteiger partial charge in [0, 0.05) is 74.7 Å². The molecule has 0 radical (unpaired) electrons. The Morgan fingerprint density at radius 3 is 1.22 bits per heavy atom. The number of carbonyl (C=O) groups is 2. The first-order chi connectivity index (χ1) is 15.4. The summed E-state index contributed by atoms with van der Waals surface area (Å²) >= 11 is 0. The Morgan fingerprint density at radius 2 is 0.906 bits per heavy atom. The number of non-ortho nitro benzene ring substituents is 2. The summed E-state index contributed by atoms with van der Waals surface area (Å²) in [4.78, 5) is 44.1. The van der Waals surface area contributed by atoms with Gasteiger partial charge in [0.05, 0.1) is 9.85 Å². The number of nitrogens with zero attached hydrogens (tertiary/aromatic N) is 2. The summed E-state index contributed by atoms with van der Waals surface area (Å²) in [5.41, 5.74) is 0.573. The average molecular weight is 444 g/mol. The van der Waals surface area contributed by atoms with Crippen LogP contribution in [0.3, 0.4) is 0 Å². The lowest BCUT2D eigenvalue weighted by molar-refractivity contribution is -0.385. The minimum atomic E-state index is -0.521. The van der Waals surface area contributed by atoms with E-state index in [9.17, 15) is 29.8 Å². The van der Waals surface area contributed by atoms with Crippen LogP contribution in [0.2, 0.25) is 0 Å². The molecule has 32 heavy (non-hydrogen) atoms. The maximum Gasteiger partial charge on any atom is 0.269 e. The van der Waals surface area contributed by atoms with Gasteiger partial charge in [-0.1, -0.05) is 0 Å². The molecule has 0 heterocycles. The first-order valence-corrected chi connectivity index (χ1v) is 9.85. The smallest absolute Gasteiger partial charge is 0.269 e. The van der Waals surface area contributed by atoms with Crippen molar-refractivity contribution >= 4 is 23.2 Å². The minimum Gasteiger partial charge on any atom is -0.351 e. The molecule has 0 aromatic heterocycles. The first kappa shape index (κ1) is 24.4. The molecule has 0 aliphatic rings. The minimum absolute atomic E-state index is 0.0679. The molecule has 12 nitrogen and oxygen atoms in total. The Balaban J connectivity index is 1.49. The lowest BCUT2D eigenvalue weighted by Crippen LogP contribution is -2.37. The molecule has 2 amide bonds. The van der Waals surface area contributed by atoms with Gasteiger partial charge in [0.2, 0.25) is 0 Å². The van der Waals surface area contributed by atoms with Crippen molar-refractivity contribution in [2.24, 2.45) is 0 Å². The van der Waals surface area contributed by atoms with E-state index in [0.29, 0.717) is 50.4 Å². The third kappa shape index (κ3) is 8.08. The molecular weight excluding hydrogens is 420 g/mol. The highest BCUT2D eigenvalue weighted by Crippen LogP contribution is 2.12. The molecule has 0 aliphatic carbocycles. The summed E-state index contributed by atoms with van der Waals surface area (Å²) in [7, 11) is 0. The second-order valence-electron chi connectivity index (χ2n) is 6.62. The van der Waals surface area contributed by atoms with Crippen LogP contribution in [0.1, 0.15) is 20.7 Å². The zero-order valence-corrected chi connectivity index (χ0v) is 17.2. The Labute approximate surface area is 183 Å². The summed E-state index contributed by atoms with van der Waals surface area (Å²) in [6.45, 7) is 3.23. The van der Waals surface area contributed by atoms with E-state index in [1.54, 1.807) is 0 Å². The third-order valence-corrected chi connectivity index (χ3v) is 4.33. The van der Waals surface area contributed by atoms with E-state index in [2.05, 4.69) is 21.3 Å². The molecule has 0 aliphatic heterocycles. The van der Waals surface area contributed by atoms with Crippen LogP contribution >= 0.6 is 0 Å². The van der Waals surface area contributed by atoms with E-state index in [1.165, 1.54) is 48.5 Å². The van der Waals surface area contributed by atoms with E-state index in [0.717, 1.165) is 0 Å². The fourth-order valence-corrected chi connectivity index (χ4v) is 2.63. The van der Waals surface area contributed by atoms with Crippen LogP contribution in [-0.2, 0) is 0 Å². The van der Waals surface area contributed by atoms with E-state index in [-0.39, 0.29) is 23.2 Å². The molecule has 170 valence electrons. The van der Waals surface area contributed by atoms with Gasteiger partial charge < -0.3 is 21.3 Å². The lowest BCUT2D eigenvalue weighted by Gasteiger charge is -2.09. The monoisotopic (exact) mass is 444 g/mol. The van der Waals surface area contributed by atoms with Crippen LogP contribution in [0.5, 0.6) is 0 Å². The Hall–Kier alpha value is -3.90. The number of hydrogen-bond donors (Lipinski definition) is 4. The van der Waals surface area contributed by atoms with Gasteiger partial charge in [-0.3, -0.25) is 29.8 Å². The zero-order chi connectivity index (χ0) is 23.3. The number of benzene rings is 2. The molecule has 0 fully saturated rings. The van der Waals surface area contributed by atoms with Crippen LogP contribution in [0, 0.1) is 20.2 Å². The molecule has 12 heteroatoms. The molecular formula is C20H24N6O6. The first-order valence-electron chi connectivity index (χ1n) is 9.85. The average Bonchev–Trinajstić information content (AvgIpc) is 2.80. The summed E-state index contributed by atoms with van der Waals surface area (Å²) in [6.07, 6.45) is 0. The summed E-state index contributed by atoms with van der Waals surface area (Å²) in [5.74, 6) is -0.604. The highest BCUT2D eigenvalue weighted by molar-refractivity contribution is 5.94. The van der Waals surface area contributed by atoms with Crippen molar-refractivity contribution in [3.8, 4) is 0 Å². The van der Waals surface area contributed by atoms with Gasteiger partial charge in [-0.25, -0.2) is 0 Å². The van der Waals surface area contributed by atoms with Crippen molar-refractivity contribution in [1.29, 1.82) is 0 Å². The van der Waals surface area contributed by atoms with Crippen LogP contribution in [-0.4, -0.2) is 60.9 Å². The number of nitro groups is 2. The van der Waals surface area contributed by atoms with Crippen molar-refractivity contribution in [2.45, 2.75) is 0 Å². The number of hydrogen-bond acceptors (Lipinski definition) is 8. The van der Waals surface area contributed by atoms with Crippen LogP contribution in [0.25, 0.3) is 0 Å². The topological polar surface area (TPSA) is 169 Å². The van der Waals surface area contributed by atoms with Crippen molar-refractivity contribution in [3.63, 3.8) is 0 Å². The van der Waals surface area contributed by atoms with E-state index in [4.69, 9.17) is 0 Å². The molecule has 0 bridgehead atoms. The quantitative estimate of drug-likeness (QED) is 0.200. The Morgan fingerprint density at radius 1 is 0.594 bits per heavy atom.